The summed E-state index contributed by atoms with van der Waals surface area (Å²) in [5, 5.41) is 0. The Morgan fingerprint density at radius 2 is 1.48 bits per heavy atom. The number of para-hydroxylation sites is 1. The first-order valence-electron chi connectivity index (χ1n) is 6.95. The Labute approximate surface area is 124 Å². The van der Waals surface area contributed by atoms with Crippen LogP contribution in [0.3, 0.4) is 0 Å². The zero-order valence-corrected chi connectivity index (χ0v) is 12.2. The molecular formula is C17H18O4. The second-order valence-corrected chi connectivity index (χ2v) is 5.22. The molecule has 21 heavy (non-hydrogen) atoms. The lowest BCUT2D eigenvalue weighted by Gasteiger charge is -2.16. The second-order valence-electron chi connectivity index (χ2n) is 5.22. The first-order valence-corrected chi connectivity index (χ1v) is 6.95. The molecule has 0 radical (unpaired) electrons. The molecule has 0 unspecified atom stereocenters. The number of hydrogen-bond acceptors (Lipinski definition) is 4. The van der Waals surface area contributed by atoms with Crippen molar-refractivity contribution >= 4 is 0 Å². The number of fused-ring (bicyclic) bond motifs is 1. The maximum absolute atomic E-state index is 5.68. The normalized spacial score (nSPS) is 14.8. The van der Waals surface area contributed by atoms with E-state index in [1.807, 2.05) is 62.4 Å². The fraction of sp³-hybridized carbons (Fsp3) is 0.294. The van der Waals surface area contributed by atoms with Gasteiger partial charge in [-0.15, -0.1) is 0 Å². The van der Waals surface area contributed by atoms with Gasteiger partial charge in [0.05, 0.1) is 0 Å². The number of hydrogen-bond donors (Lipinski definition) is 0. The molecule has 0 fully saturated rings. The molecular weight excluding hydrogens is 268 g/mol. The third-order valence-electron chi connectivity index (χ3n) is 2.99. The van der Waals surface area contributed by atoms with E-state index in [2.05, 4.69) is 0 Å². The van der Waals surface area contributed by atoms with Crippen LogP contribution in [0.15, 0.2) is 48.5 Å². The highest BCUT2D eigenvalue weighted by molar-refractivity contribution is 5.47. The van der Waals surface area contributed by atoms with Crippen LogP contribution >= 0.6 is 0 Å². The van der Waals surface area contributed by atoms with Crippen LogP contribution in [-0.4, -0.2) is 19.0 Å². The molecule has 0 spiro atoms. The molecule has 3 rings (SSSR count). The van der Waals surface area contributed by atoms with Gasteiger partial charge < -0.3 is 18.9 Å². The van der Waals surface area contributed by atoms with Crippen molar-refractivity contribution in [1.82, 2.24) is 0 Å². The van der Waals surface area contributed by atoms with Crippen LogP contribution < -0.4 is 18.9 Å². The molecule has 1 aliphatic rings. The molecule has 0 atom stereocenters. The number of ether oxygens (including phenoxy) is 4. The van der Waals surface area contributed by atoms with Crippen molar-refractivity contribution in [3.8, 4) is 23.0 Å². The summed E-state index contributed by atoms with van der Waals surface area (Å²) in [6.07, 6.45) is 0. The monoisotopic (exact) mass is 286 g/mol. The van der Waals surface area contributed by atoms with E-state index >= 15 is 0 Å². The van der Waals surface area contributed by atoms with Gasteiger partial charge in [0.15, 0.2) is 11.5 Å². The summed E-state index contributed by atoms with van der Waals surface area (Å²) in [7, 11) is 0. The molecule has 110 valence electrons. The van der Waals surface area contributed by atoms with Crippen molar-refractivity contribution in [2.75, 3.05) is 13.2 Å². The maximum atomic E-state index is 5.68. The smallest absolute Gasteiger partial charge is 0.246 e. The van der Waals surface area contributed by atoms with Gasteiger partial charge in [-0.05, 0) is 24.3 Å². The minimum absolute atomic E-state index is 0.470. The highest BCUT2D eigenvalue weighted by Gasteiger charge is 2.31. The van der Waals surface area contributed by atoms with Crippen LogP contribution in [-0.2, 0) is 0 Å². The molecule has 1 aliphatic heterocycles. The molecule has 2 aromatic carbocycles. The second kappa shape index (κ2) is 5.56. The standard InChI is InChI=1S/C17H18O4/c1-17(2)20-15-9-8-14(12-16(15)21-17)19-11-10-18-13-6-4-3-5-7-13/h3-9,12H,10-11H2,1-2H3. The van der Waals surface area contributed by atoms with E-state index in [0.717, 1.165) is 17.2 Å². The Bertz CT molecular complexity index is 607. The lowest BCUT2D eigenvalue weighted by Crippen LogP contribution is -2.29. The molecule has 0 aliphatic carbocycles. The molecule has 0 aromatic heterocycles. The van der Waals surface area contributed by atoms with Crippen LogP contribution in [0.4, 0.5) is 0 Å². The first-order chi connectivity index (χ1) is 10.1. The van der Waals surface area contributed by atoms with E-state index in [1.165, 1.54) is 0 Å². The quantitative estimate of drug-likeness (QED) is 0.786. The topological polar surface area (TPSA) is 36.9 Å². The van der Waals surface area contributed by atoms with Gasteiger partial charge in [0.2, 0.25) is 5.79 Å². The van der Waals surface area contributed by atoms with Gasteiger partial charge in [-0.2, -0.15) is 0 Å². The van der Waals surface area contributed by atoms with Crippen LogP contribution in [0.2, 0.25) is 0 Å². The minimum atomic E-state index is -0.614. The largest absolute Gasteiger partial charge is 0.490 e. The van der Waals surface area contributed by atoms with E-state index in [1.54, 1.807) is 0 Å². The van der Waals surface area contributed by atoms with Gasteiger partial charge in [-0.25, -0.2) is 0 Å². The Morgan fingerprint density at radius 3 is 2.24 bits per heavy atom. The van der Waals surface area contributed by atoms with E-state index in [-0.39, 0.29) is 0 Å². The molecule has 2 aromatic rings. The Hall–Kier alpha value is -2.36. The number of benzene rings is 2. The van der Waals surface area contributed by atoms with Crippen LogP contribution in [0, 0.1) is 0 Å². The number of rotatable bonds is 5. The highest BCUT2D eigenvalue weighted by Crippen LogP contribution is 2.41. The molecule has 0 amide bonds. The summed E-state index contributed by atoms with van der Waals surface area (Å²) in [6, 6.07) is 15.2. The van der Waals surface area contributed by atoms with E-state index in [4.69, 9.17) is 18.9 Å². The molecule has 0 saturated heterocycles. The van der Waals surface area contributed by atoms with E-state index < -0.39 is 5.79 Å². The summed E-state index contributed by atoms with van der Waals surface area (Å²) < 4.78 is 22.5. The Balaban J connectivity index is 1.51. The van der Waals surface area contributed by atoms with Gasteiger partial charge in [-0.3, -0.25) is 0 Å². The van der Waals surface area contributed by atoms with Crippen molar-refractivity contribution in [1.29, 1.82) is 0 Å². The molecule has 0 bridgehead atoms. The lowest BCUT2D eigenvalue weighted by molar-refractivity contribution is -0.0431. The van der Waals surface area contributed by atoms with Crippen molar-refractivity contribution in [3.63, 3.8) is 0 Å². The molecule has 0 saturated carbocycles. The average molecular weight is 286 g/mol. The lowest BCUT2D eigenvalue weighted by atomic mass is 10.3. The maximum Gasteiger partial charge on any atom is 0.246 e. The van der Waals surface area contributed by atoms with Crippen molar-refractivity contribution in [2.45, 2.75) is 19.6 Å². The van der Waals surface area contributed by atoms with Gasteiger partial charge >= 0.3 is 0 Å². The van der Waals surface area contributed by atoms with Crippen LogP contribution in [0.5, 0.6) is 23.0 Å². The van der Waals surface area contributed by atoms with Gasteiger partial charge in [0.25, 0.3) is 0 Å². The summed E-state index contributed by atoms with van der Waals surface area (Å²) in [5.41, 5.74) is 0. The first kappa shape index (κ1) is 13.6. The fourth-order valence-electron chi connectivity index (χ4n) is 2.13. The summed E-state index contributed by atoms with van der Waals surface area (Å²) in [5.74, 6) is 2.42. The molecule has 4 heteroatoms. The third kappa shape index (κ3) is 3.40. The van der Waals surface area contributed by atoms with Crippen molar-refractivity contribution in [3.05, 3.63) is 48.5 Å². The van der Waals surface area contributed by atoms with E-state index in [9.17, 15) is 0 Å². The fourth-order valence-corrected chi connectivity index (χ4v) is 2.13. The molecule has 1 heterocycles. The summed E-state index contributed by atoms with van der Waals surface area (Å²) in [6.45, 7) is 4.71. The Morgan fingerprint density at radius 1 is 0.810 bits per heavy atom. The summed E-state index contributed by atoms with van der Waals surface area (Å²) >= 11 is 0. The van der Waals surface area contributed by atoms with Gasteiger partial charge in [0, 0.05) is 19.9 Å². The average Bonchev–Trinajstić information content (AvgIpc) is 2.78. The van der Waals surface area contributed by atoms with Crippen molar-refractivity contribution < 1.29 is 18.9 Å². The highest BCUT2D eigenvalue weighted by atomic mass is 16.7. The zero-order valence-electron chi connectivity index (χ0n) is 12.2. The molecule has 0 N–H and O–H groups in total. The van der Waals surface area contributed by atoms with E-state index in [0.29, 0.717) is 19.0 Å². The SMILES string of the molecule is CC1(C)Oc2ccc(OCCOc3ccccc3)cc2O1. The molecule has 4 nitrogen and oxygen atoms in total. The van der Waals surface area contributed by atoms with Crippen molar-refractivity contribution in [2.24, 2.45) is 0 Å². The Kier molecular flexibility index (Phi) is 3.60. The third-order valence-corrected chi connectivity index (χ3v) is 2.99. The van der Waals surface area contributed by atoms with Gasteiger partial charge in [0.1, 0.15) is 24.7 Å². The predicted molar refractivity (Wildman–Crippen MR) is 79.2 cm³/mol. The predicted octanol–water partition coefficient (Wildman–Crippen LogP) is 3.65. The zero-order chi connectivity index (χ0) is 14.7. The van der Waals surface area contributed by atoms with Crippen LogP contribution in [0.1, 0.15) is 13.8 Å². The van der Waals surface area contributed by atoms with Crippen LogP contribution in [0.25, 0.3) is 0 Å². The van der Waals surface area contributed by atoms with Gasteiger partial charge in [-0.1, -0.05) is 18.2 Å². The summed E-state index contributed by atoms with van der Waals surface area (Å²) in [4.78, 5) is 0. The minimum Gasteiger partial charge on any atom is -0.490 e.